The molecule has 1 atom stereocenters. The number of hydrogen-bond acceptors (Lipinski definition) is 3. The molecule has 120 valence electrons. The molecule has 1 aromatic rings. The van der Waals surface area contributed by atoms with Crippen LogP contribution in [0.3, 0.4) is 0 Å². The average Bonchev–Trinajstić information content (AvgIpc) is 2.58. The summed E-state index contributed by atoms with van der Waals surface area (Å²) in [7, 11) is -0.751. The van der Waals surface area contributed by atoms with Gasteiger partial charge >= 0.3 is 13.1 Å². The van der Waals surface area contributed by atoms with Crippen molar-refractivity contribution >= 4 is 29.0 Å². The number of halogens is 2. The standard InChI is InChI=1S/C15H19BBrFO4/c1-14(2)15(3,4)22-16(21-14)11(8-13(19)20)10-7-9(18)5-6-12(10)17/h5-7,11H,8H2,1-4H3,(H,19,20). The van der Waals surface area contributed by atoms with E-state index in [2.05, 4.69) is 15.9 Å². The van der Waals surface area contributed by atoms with Gasteiger partial charge in [0.2, 0.25) is 0 Å². The summed E-state index contributed by atoms with van der Waals surface area (Å²) < 4.78 is 26.1. The van der Waals surface area contributed by atoms with E-state index in [1.54, 1.807) is 6.07 Å². The van der Waals surface area contributed by atoms with Crippen LogP contribution in [0.25, 0.3) is 0 Å². The summed E-state index contributed by atoms with van der Waals surface area (Å²) >= 11 is 3.35. The summed E-state index contributed by atoms with van der Waals surface area (Å²) in [6, 6.07) is 4.20. The van der Waals surface area contributed by atoms with Gasteiger partial charge in [0.15, 0.2) is 0 Å². The molecule has 1 saturated heterocycles. The molecule has 1 N–H and O–H groups in total. The van der Waals surface area contributed by atoms with Crippen molar-refractivity contribution in [3.05, 3.63) is 34.1 Å². The largest absolute Gasteiger partial charge is 0.481 e. The van der Waals surface area contributed by atoms with E-state index in [1.165, 1.54) is 12.1 Å². The van der Waals surface area contributed by atoms with Crippen molar-refractivity contribution in [2.75, 3.05) is 0 Å². The number of carbonyl (C=O) groups is 1. The molecule has 2 rings (SSSR count). The third-order valence-corrected chi connectivity index (χ3v) is 5.07. The molecule has 1 heterocycles. The van der Waals surface area contributed by atoms with Crippen LogP contribution in [0.15, 0.2) is 22.7 Å². The van der Waals surface area contributed by atoms with E-state index in [4.69, 9.17) is 9.31 Å². The van der Waals surface area contributed by atoms with E-state index in [-0.39, 0.29) is 6.42 Å². The van der Waals surface area contributed by atoms with Crippen LogP contribution < -0.4 is 0 Å². The third kappa shape index (κ3) is 3.36. The van der Waals surface area contributed by atoms with E-state index in [1.807, 2.05) is 27.7 Å². The smallest absolute Gasteiger partial charge is 0.466 e. The van der Waals surface area contributed by atoms with Crippen LogP contribution in [0, 0.1) is 5.82 Å². The topological polar surface area (TPSA) is 55.8 Å². The molecule has 1 aliphatic rings. The monoisotopic (exact) mass is 372 g/mol. The lowest BCUT2D eigenvalue weighted by molar-refractivity contribution is -0.137. The molecule has 7 heteroatoms. The molecule has 0 radical (unpaired) electrons. The molecule has 0 aromatic heterocycles. The van der Waals surface area contributed by atoms with Gasteiger partial charge in [-0.25, -0.2) is 4.39 Å². The number of rotatable bonds is 4. The van der Waals surface area contributed by atoms with Gasteiger partial charge in [-0.1, -0.05) is 15.9 Å². The van der Waals surface area contributed by atoms with Crippen LogP contribution in [-0.4, -0.2) is 29.4 Å². The van der Waals surface area contributed by atoms with Crippen molar-refractivity contribution < 1.29 is 23.6 Å². The Kier molecular flexibility index (Phi) is 4.71. The maximum Gasteiger partial charge on any atom is 0.466 e. The van der Waals surface area contributed by atoms with E-state index < -0.39 is 35.9 Å². The van der Waals surface area contributed by atoms with Crippen molar-refractivity contribution in [1.29, 1.82) is 0 Å². The molecule has 1 fully saturated rings. The van der Waals surface area contributed by atoms with Crippen molar-refractivity contribution in [2.24, 2.45) is 0 Å². The van der Waals surface area contributed by atoms with Crippen molar-refractivity contribution in [2.45, 2.75) is 51.1 Å². The number of hydrogen-bond donors (Lipinski definition) is 1. The Hall–Kier alpha value is -0.915. The Balaban J connectivity index is 2.40. The summed E-state index contributed by atoms with van der Waals surface area (Å²) in [4.78, 5) is 11.2. The normalized spacial score (nSPS) is 20.9. The van der Waals surface area contributed by atoms with Gasteiger partial charge in [-0.2, -0.15) is 0 Å². The molecule has 0 spiro atoms. The van der Waals surface area contributed by atoms with Crippen LogP contribution in [0.5, 0.6) is 0 Å². The first kappa shape index (κ1) is 17.4. The van der Waals surface area contributed by atoms with Crippen molar-refractivity contribution in [1.82, 2.24) is 0 Å². The highest BCUT2D eigenvalue weighted by Crippen LogP contribution is 2.43. The van der Waals surface area contributed by atoms with E-state index >= 15 is 0 Å². The van der Waals surface area contributed by atoms with Crippen LogP contribution in [0.1, 0.15) is 45.5 Å². The second kappa shape index (κ2) is 5.94. The highest BCUT2D eigenvalue weighted by Gasteiger charge is 2.54. The number of carboxylic acids is 1. The van der Waals surface area contributed by atoms with Gasteiger partial charge < -0.3 is 14.4 Å². The SMILES string of the molecule is CC1(C)OB(C(CC(=O)O)c2cc(F)ccc2Br)OC1(C)C. The van der Waals surface area contributed by atoms with E-state index in [9.17, 15) is 14.3 Å². The average molecular weight is 373 g/mol. The molecule has 0 aliphatic carbocycles. The van der Waals surface area contributed by atoms with Gasteiger partial charge in [0.25, 0.3) is 0 Å². The summed E-state index contributed by atoms with van der Waals surface area (Å²) in [5, 5.41) is 9.21. The molecule has 0 amide bonds. The van der Waals surface area contributed by atoms with Gasteiger partial charge in [0.1, 0.15) is 5.82 Å². The van der Waals surface area contributed by atoms with Gasteiger partial charge in [-0.15, -0.1) is 0 Å². The third-order valence-electron chi connectivity index (χ3n) is 4.35. The summed E-state index contributed by atoms with van der Waals surface area (Å²) in [6.45, 7) is 7.58. The molecule has 22 heavy (non-hydrogen) atoms. The lowest BCUT2D eigenvalue weighted by Crippen LogP contribution is -2.41. The number of aliphatic carboxylic acids is 1. The molecule has 1 aliphatic heterocycles. The number of carboxylic acid groups (broad SMARTS) is 1. The minimum absolute atomic E-state index is 0.209. The highest BCUT2D eigenvalue weighted by atomic mass is 79.9. The second-order valence-electron chi connectivity index (χ2n) is 6.49. The number of benzene rings is 1. The first-order valence-electron chi connectivity index (χ1n) is 7.06. The van der Waals surface area contributed by atoms with Crippen molar-refractivity contribution in [3.8, 4) is 0 Å². The summed E-state index contributed by atoms with van der Waals surface area (Å²) in [6.07, 6.45) is -0.209. The lowest BCUT2D eigenvalue weighted by Gasteiger charge is -2.32. The van der Waals surface area contributed by atoms with Gasteiger partial charge in [-0.05, 0) is 51.5 Å². The summed E-state index contributed by atoms with van der Waals surface area (Å²) in [5.74, 6) is -2.02. The first-order valence-corrected chi connectivity index (χ1v) is 7.85. The maximum absolute atomic E-state index is 13.6. The zero-order valence-electron chi connectivity index (χ0n) is 13.0. The van der Waals surface area contributed by atoms with Crippen LogP contribution in [0.4, 0.5) is 4.39 Å². The minimum Gasteiger partial charge on any atom is -0.481 e. The Morgan fingerprint density at radius 2 is 1.86 bits per heavy atom. The van der Waals surface area contributed by atoms with Crippen LogP contribution in [-0.2, 0) is 14.1 Å². The Morgan fingerprint density at radius 1 is 1.32 bits per heavy atom. The Bertz CT molecular complexity index is 575. The fourth-order valence-corrected chi connectivity index (χ4v) is 2.93. The van der Waals surface area contributed by atoms with E-state index in [0.29, 0.717) is 10.0 Å². The van der Waals surface area contributed by atoms with Gasteiger partial charge in [0.05, 0.1) is 17.6 Å². The Morgan fingerprint density at radius 3 is 2.36 bits per heavy atom. The second-order valence-corrected chi connectivity index (χ2v) is 7.35. The van der Waals surface area contributed by atoms with Crippen LogP contribution in [0.2, 0.25) is 0 Å². The molecular formula is C15H19BBrFO4. The molecule has 1 aromatic carbocycles. The van der Waals surface area contributed by atoms with Gasteiger partial charge in [0, 0.05) is 10.3 Å². The molecule has 4 nitrogen and oxygen atoms in total. The van der Waals surface area contributed by atoms with Crippen LogP contribution >= 0.6 is 15.9 Å². The molecule has 1 unspecified atom stereocenters. The van der Waals surface area contributed by atoms with Gasteiger partial charge in [-0.3, -0.25) is 4.79 Å². The Labute approximate surface area is 138 Å². The lowest BCUT2D eigenvalue weighted by atomic mass is 9.66. The first-order chi connectivity index (χ1) is 10.0. The molecule has 0 bridgehead atoms. The molecule has 0 saturated carbocycles. The quantitative estimate of drug-likeness (QED) is 0.817. The predicted octanol–water partition coefficient (Wildman–Crippen LogP) is 3.78. The summed E-state index contributed by atoms with van der Waals surface area (Å²) in [5.41, 5.74) is -0.622. The predicted molar refractivity (Wildman–Crippen MR) is 85.2 cm³/mol. The minimum atomic E-state index is -0.990. The molecular weight excluding hydrogens is 354 g/mol. The zero-order valence-corrected chi connectivity index (χ0v) is 14.6. The fraction of sp³-hybridized carbons (Fsp3) is 0.533. The van der Waals surface area contributed by atoms with Crippen molar-refractivity contribution in [3.63, 3.8) is 0 Å². The fourth-order valence-electron chi connectivity index (χ4n) is 2.39. The van der Waals surface area contributed by atoms with E-state index in [0.717, 1.165) is 0 Å². The maximum atomic E-state index is 13.6. The zero-order chi connectivity index (χ0) is 16.7. The highest BCUT2D eigenvalue weighted by molar-refractivity contribution is 9.10.